The maximum Gasteiger partial charge on any atom is 0.494 e. The van der Waals surface area contributed by atoms with Crippen LogP contribution in [-0.2, 0) is 30.8 Å². The maximum atomic E-state index is 12.5. The summed E-state index contributed by atoms with van der Waals surface area (Å²) in [4.78, 5) is 0. The molecule has 0 bridgehead atoms. The van der Waals surface area contributed by atoms with Gasteiger partial charge in [-0.15, -0.1) is 0 Å². The Bertz CT molecular complexity index is 796. The zero-order valence-corrected chi connectivity index (χ0v) is 18.5. The molecule has 2 aliphatic heterocycles. The number of hydrogen-bond donors (Lipinski definition) is 1. The number of morpholine rings is 1. The minimum Gasteiger partial charge on any atom is -0.399 e. The summed E-state index contributed by atoms with van der Waals surface area (Å²) >= 11 is 0. The van der Waals surface area contributed by atoms with E-state index in [-0.39, 0.29) is 6.54 Å². The van der Waals surface area contributed by atoms with E-state index >= 15 is 0 Å². The van der Waals surface area contributed by atoms with Crippen molar-refractivity contribution in [2.75, 3.05) is 26.3 Å². The summed E-state index contributed by atoms with van der Waals surface area (Å²) in [6.07, 6.45) is 0. The van der Waals surface area contributed by atoms with Crippen LogP contribution in [0.1, 0.15) is 44.4 Å². The number of hydrogen-bond acceptors (Lipinski definition) is 5. The summed E-state index contributed by atoms with van der Waals surface area (Å²) < 4.78 is 46.7. The van der Waals surface area contributed by atoms with E-state index in [1.54, 1.807) is 0 Å². The molecule has 0 spiro atoms. The first-order valence-electron chi connectivity index (χ1n) is 9.71. The number of nitrogens with zero attached hydrogens (tertiary/aromatic N) is 1. The molecule has 0 atom stereocenters. The quantitative estimate of drug-likeness (QED) is 0.740. The van der Waals surface area contributed by atoms with Crippen LogP contribution in [-0.4, -0.2) is 57.3 Å². The van der Waals surface area contributed by atoms with Crippen molar-refractivity contribution in [2.24, 2.45) is 0 Å². The Kier molecular flexibility index (Phi) is 5.98. The number of nitrogens with one attached hydrogen (secondary N) is 1. The molecule has 0 unspecified atom stereocenters. The van der Waals surface area contributed by atoms with Crippen LogP contribution in [0.2, 0.25) is 0 Å². The first-order valence-corrected chi connectivity index (χ1v) is 11.2. The van der Waals surface area contributed by atoms with Gasteiger partial charge in [-0.1, -0.05) is 12.1 Å². The summed E-state index contributed by atoms with van der Waals surface area (Å²) in [5.41, 5.74) is 3.15. The lowest BCUT2D eigenvalue weighted by Crippen LogP contribution is -2.46. The van der Waals surface area contributed by atoms with Gasteiger partial charge >= 0.3 is 7.12 Å². The highest BCUT2D eigenvalue weighted by atomic mass is 32.2. The Labute approximate surface area is 169 Å². The molecule has 2 aliphatic rings. The second-order valence-electron chi connectivity index (χ2n) is 8.56. The summed E-state index contributed by atoms with van der Waals surface area (Å²) in [6, 6.07) is 4.04. The number of rotatable bonds is 5. The molecular weight excluding hydrogens is 379 g/mol. The average molecular weight is 410 g/mol. The molecule has 28 heavy (non-hydrogen) atoms. The smallest absolute Gasteiger partial charge is 0.399 e. The molecule has 1 aromatic carbocycles. The van der Waals surface area contributed by atoms with Crippen LogP contribution in [0.15, 0.2) is 12.1 Å². The molecule has 2 fully saturated rings. The standard InChI is InChI=1S/C19H31BN2O5S/c1-14-11-16(20-26-18(3,4)19(5,6)27-20)12-15(2)17(14)13-21-28(23,24)22-7-9-25-10-8-22/h11-12,21H,7-10,13H2,1-6H3. The molecule has 9 heteroatoms. The van der Waals surface area contributed by atoms with Gasteiger partial charge in [-0.3, -0.25) is 0 Å². The van der Waals surface area contributed by atoms with Crippen molar-refractivity contribution < 1.29 is 22.5 Å². The highest BCUT2D eigenvalue weighted by Gasteiger charge is 2.51. The molecule has 0 aromatic heterocycles. The molecular formula is C19H31BN2O5S. The fourth-order valence-corrected chi connectivity index (χ4v) is 4.60. The van der Waals surface area contributed by atoms with Gasteiger partial charge in [0, 0.05) is 19.6 Å². The Hall–Kier alpha value is -0.965. The zero-order valence-electron chi connectivity index (χ0n) is 17.7. The van der Waals surface area contributed by atoms with Crippen LogP contribution in [0.4, 0.5) is 0 Å². The fourth-order valence-electron chi connectivity index (χ4n) is 3.46. The molecule has 0 amide bonds. The Morgan fingerprint density at radius 1 is 1.04 bits per heavy atom. The van der Waals surface area contributed by atoms with Gasteiger partial charge in [-0.05, 0) is 63.7 Å². The average Bonchev–Trinajstić information content (AvgIpc) is 2.82. The van der Waals surface area contributed by atoms with Crippen LogP contribution in [0.3, 0.4) is 0 Å². The molecule has 1 N–H and O–H groups in total. The third-order valence-corrected chi connectivity index (χ3v) is 7.54. The topological polar surface area (TPSA) is 77.1 Å². The predicted octanol–water partition coefficient (Wildman–Crippen LogP) is 1.27. The molecule has 0 saturated carbocycles. The van der Waals surface area contributed by atoms with Gasteiger partial charge in [-0.2, -0.15) is 17.4 Å². The zero-order chi connectivity index (χ0) is 20.7. The van der Waals surface area contributed by atoms with Crippen molar-refractivity contribution in [1.29, 1.82) is 0 Å². The van der Waals surface area contributed by atoms with Gasteiger partial charge in [-0.25, -0.2) is 0 Å². The number of ether oxygens (including phenoxy) is 1. The van der Waals surface area contributed by atoms with E-state index in [2.05, 4.69) is 4.72 Å². The number of benzene rings is 1. The highest BCUT2D eigenvalue weighted by molar-refractivity contribution is 7.87. The summed E-state index contributed by atoms with van der Waals surface area (Å²) in [5.74, 6) is 0. The third-order valence-electron chi connectivity index (χ3n) is 5.99. The van der Waals surface area contributed by atoms with Crippen molar-refractivity contribution in [3.05, 3.63) is 28.8 Å². The molecule has 7 nitrogen and oxygen atoms in total. The van der Waals surface area contributed by atoms with Crippen LogP contribution >= 0.6 is 0 Å². The third kappa shape index (κ3) is 4.29. The van der Waals surface area contributed by atoms with Crippen molar-refractivity contribution in [3.63, 3.8) is 0 Å². The van der Waals surface area contributed by atoms with Gasteiger partial charge in [0.25, 0.3) is 10.2 Å². The largest absolute Gasteiger partial charge is 0.494 e. The van der Waals surface area contributed by atoms with E-state index in [4.69, 9.17) is 14.0 Å². The lowest BCUT2D eigenvalue weighted by atomic mass is 9.76. The van der Waals surface area contributed by atoms with Gasteiger partial charge in [0.15, 0.2) is 0 Å². The normalized spacial score (nSPS) is 22.6. The predicted molar refractivity (Wildman–Crippen MR) is 110 cm³/mol. The van der Waals surface area contributed by atoms with Gasteiger partial charge in [0.2, 0.25) is 0 Å². The number of aryl methyl sites for hydroxylation is 2. The molecule has 0 radical (unpaired) electrons. The highest BCUT2D eigenvalue weighted by Crippen LogP contribution is 2.36. The van der Waals surface area contributed by atoms with E-state index in [1.807, 2.05) is 53.7 Å². The Morgan fingerprint density at radius 3 is 2.04 bits per heavy atom. The van der Waals surface area contributed by atoms with Crippen molar-refractivity contribution in [3.8, 4) is 0 Å². The Balaban J connectivity index is 1.74. The lowest BCUT2D eigenvalue weighted by Gasteiger charge is -2.32. The van der Waals surface area contributed by atoms with Crippen LogP contribution in [0.25, 0.3) is 0 Å². The van der Waals surface area contributed by atoms with Crippen LogP contribution < -0.4 is 10.2 Å². The van der Waals surface area contributed by atoms with E-state index < -0.39 is 28.5 Å². The van der Waals surface area contributed by atoms with E-state index in [9.17, 15) is 8.42 Å². The van der Waals surface area contributed by atoms with Gasteiger partial charge in [0.05, 0.1) is 24.4 Å². The van der Waals surface area contributed by atoms with E-state index in [0.29, 0.717) is 26.3 Å². The monoisotopic (exact) mass is 410 g/mol. The maximum absolute atomic E-state index is 12.5. The summed E-state index contributed by atoms with van der Waals surface area (Å²) in [5, 5.41) is 0. The van der Waals surface area contributed by atoms with E-state index in [0.717, 1.165) is 22.2 Å². The van der Waals surface area contributed by atoms with E-state index in [1.165, 1.54) is 4.31 Å². The van der Waals surface area contributed by atoms with Gasteiger partial charge < -0.3 is 14.0 Å². The molecule has 1 aromatic rings. The minimum atomic E-state index is -3.52. The Morgan fingerprint density at radius 2 is 1.54 bits per heavy atom. The first kappa shape index (κ1) is 21.7. The molecule has 0 aliphatic carbocycles. The van der Waals surface area contributed by atoms with Crippen molar-refractivity contribution in [2.45, 2.75) is 59.3 Å². The second-order valence-corrected chi connectivity index (χ2v) is 10.3. The SMILES string of the molecule is Cc1cc(B2OC(C)(C)C(C)(C)O2)cc(C)c1CNS(=O)(=O)N1CCOCC1. The summed E-state index contributed by atoms with van der Waals surface area (Å²) in [7, 11) is -3.95. The van der Waals surface area contributed by atoms with Crippen molar-refractivity contribution in [1.82, 2.24) is 9.03 Å². The first-order chi connectivity index (χ1) is 12.9. The van der Waals surface area contributed by atoms with Crippen LogP contribution in [0, 0.1) is 13.8 Å². The van der Waals surface area contributed by atoms with Crippen LogP contribution in [0.5, 0.6) is 0 Å². The molecule has 2 saturated heterocycles. The lowest BCUT2D eigenvalue weighted by molar-refractivity contribution is 0.00578. The second kappa shape index (κ2) is 7.70. The minimum absolute atomic E-state index is 0.251. The molecule has 3 rings (SSSR count). The fraction of sp³-hybridized carbons (Fsp3) is 0.684. The van der Waals surface area contributed by atoms with Crippen molar-refractivity contribution >= 4 is 22.8 Å². The molecule has 2 heterocycles. The summed E-state index contributed by atoms with van der Waals surface area (Å²) in [6.45, 7) is 14.0. The van der Waals surface area contributed by atoms with Gasteiger partial charge in [0.1, 0.15) is 0 Å². The molecule has 156 valence electrons.